The van der Waals surface area contributed by atoms with Crippen LogP contribution in [0.4, 0.5) is 4.39 Å². The van der Waals surface area contributed by atoms with Crippen molar-refractivity contribution >= 4 is 15.9 Å². The molecule has 0 aliphatic heterocycles. The Labute approximate surface area is 91.6 Å². The largest absolute Gasteiger partial charge is 0.325 e. The molecule has 0 aromatic heterocycles. The molecule has 2 rings (SSSR count). The smallest absolute Gasteiger partial charge is 0.124 e. The molecule has 1 aromatic rings. The van der Waals surface area contributed by atoms with E-state index in [0.717, 1.165) is 35.7 Å². The number of nitrogens with two attached hydrogens (primary N) is 1. The van der Waals surface area contributed by atoms with E-state index in [1.807, 2.05) is 6.07 Å². The lowest BCUT2D eigenvalue weighted by molar-refractivity contribution is 0.604. The maximum Gasteiger partial charge on any atom is 0.124 e. The highest BCUT2D eigenvalue weighted by molar-refractivity contribution is 9.10. The van der Waals surface area contributed by atoms with Crippen molar-refractivity contribution in [1.29, 1.82) is 0 Å². The van der Waals surface area contributed by atoms with E-state index in [1.165, 1.54) is 12.1 Å². The Hall–Kier alpha value is -0.410. The molecule has 1 aliphatic rings. The zero-order valence-electron chi connectivity index (χ0n) is 7.89. The zero-order chi connectivity index (χ0) is 10.2. The summed E-state index contributed by atoms with van der Waals surface area (Å²) in [5.74, 6) is -0.200. The van der Waals surface area contributed by atoms with Gasteiger partial charge in [0.1, 0.15) is 5.82 Å². The van der Waals surface area contributed by atoms with Crippen LogP contribution < -0.4 is 5.73 Å². The second-order valence-corrected chi connectivity index (χ2v) is 4.95. The van der Waals surface area contributed by atoms with Crippen molar-refractivity contribution in [2.24, 2.45) is 5.73 Å². The molecule has 0 spiro atoms. The molecule has 76 valence electrons. The third-order valence-corrected chi connectivity index (χ3v) is 3.54. The van der Waals surface area contributed by atoms with Crippen LogP contribution in [0.15, 0.2) is 22.7 Å². The van der Waals surface area contributed by atoms with Crippen molar-refractivity contribution < 1.29 is 4.39 Å². The minimum Gasteiger partial charge on any atom is -0.325 e. The predicted octanol–water partition coefficient (Wildman–Crippen LogP) is 3.01. The van der Waals surface area contributed by atoms with Crippen LogP contribution >= 0.6 is 15.9 Å². The lowest BCUT2D eigenvalue weighted by Gasteiger charge is -2.09. The Kier molecular flexibility index (Phi) is 2.62. The summed E-state index contributed by atoms with van der Waals surface area (Å²) in [7, 11) is 0. The molecule has 0 heterocycles. The van der Waals surface area contributed by atoms with Gasteiger partial charge in [-0.2, -0.15) is 0 Å². The van der Waals surface area contributed by atoms with E-state index >= 15 is 0 Å². The lowest BCUT2D eigenvalue weighted by atomic mass is 10.0. The van der Waals surface area contributed by atoms with Crippen LogP contribution in [0.25, 0.3) is 0 Å². The van der Waals surface area contributed by atoms with Crippen LogP contribution in [0.1, 0.15) is 24.8 Å². The summed E-state index contributed by atoms with van der Waals surface area (Å²) in [6, 6.07) is 4.83. The van der Waals surface area contributed by atoms with Crippen molar-refractivity contribution in [2.75, 3.05) is 0 Å². The first-order valence-corrected chi connectivity index (χ1v) is 5.61. The van der Waals surface area contributed by atoms with Gasteiger partial charge in [-0.25, -0.2) is 4.39 Å². The van der Waals surface area contributed by atoms with Crippen molar-refractivity contribution in [3.05, 3.63) is 34.1 Å². The SMILES string of the molecule is NC1(CCc2ccc(F)cc2Br)CC1. The maximum atomic E-state index is 12.8. The number of hydrogen-bond donors (Lipinski definition) is 1. The molecule has 1 fully saturated rings. The molecule has 1 nitrogen and oxygen atoms in total. The Balaban J connectivity index is 2.02. The molecule has 3 heteroatoms. The van der Waals surface area contributed by atoms with E-state index in [9.17, 15) is 4.39 Å². The van der Waals surface area contributed by atoms with E-state index in [0.29, 0.717) is 0 Å². The van der Waals surface area contributed by atoms with Crippen molar-refractivity contribution in [3.63, 3.8) is 0 Å². The molecule has 0 amide bonds. The van der Waals surface area contributed by atoms with E-state index in [2.05, 4.69) is 15.9 Å². The second kappa shape index (κ2) is 3.63. The minimum atomic E-state index is -0.200. The molecule has 1 saturated carbocycles. The molecule has 14 heavy (non-hydrogen) atoms. The van der Waals surface area contributed by atoms with E-state index < -0.39 is 0 Å². The quantitative estimate of drug-likeness (QED) is 0.886. The summed E-state index contributed by atoms with van der Waals surface area (Å²) in [6.45, 7) is 0. The molecule has 2 N–H and O–H groups in total. The molecule has 1 aliphatic carbocycles. The summed E-state index contributed by atoms with van der Waals surface area (Å²) < 4.78 is 13.6. The van der Waals surface area contributed by atoms with Gasteiger partial charge in [-0.15, -0.1) is 0 Å². The third kappa shape index (κ3) is 2.34. The fourth-order valence-corrected chi connectivity index (χ4v) is 2.07. The highest BCUT2D eigenvalue weighted by Crippen LogP contribution is 2.37. The highest BCUT2D eigenvalue weighted by atomic mass is 79.9. The topological polar surface area (TPSA) is 26.0 Å². The maximum absolute atomic E-state index is 12.8. The molecule has 0 radical (unpaired) electrons. The van der Waals surface area contributed by atoms with Gasteiger partial charge < -0.3 is 5.73 Å². The first-order valence-electron chi connectivity index (χ1n) is 4.82. The van der Waals surface area contributed by atoms with Crippen LogP contribution in [0.5, 0.6) is 0 Å². The van der Waals surface area contributed by atoms with Gasteiger partial charge >= 0.3 is 0 Å². The van der Waals surface area contributed by atoms with Crippen molar-refractivity contribution in [3.8, 4) is 0 Å². The predicted molar refractivity (Wildman–Crippen MR) is 58.6 cm³/mol. The Morgan fingerprint density at radius 2 is 2.14 bits per heavy atom. The van der Waals surface area contributed by atoms with Gasteiger partial charge in [0.15, 0.2) is 0 Å². The van der Waals surface area contributed by atoms with Crippen LogP contribution in [-0.2, 0) is 6.42 Å². The minimum absolute atomic E-state index is 0.0772. The van der Waals surface area contributed by atoms with E-state index in [1.54, 1.807) is 0 Å². The molecule has 0 bridgehead atoms. The lowest BCUT2D eigenvalue weighted by Crippen LogP contribution is -2.22. The molecular formula is C11H13BrFN. The fourth-order valence-electron chi connectivity index (χ4n) is 1.52. The zero-order valence-corrected chi connectivity index (χ0v) is 9.48. The Bertz CT molecular complexity index is 347. The molecular weight excluding hydrogens is 245 g/mol. The summed E-state index contributed by atoms with van der Waals surface area (Å²) in [4.78, 5) is 0. The molecule has 0 saturated heterocycles. The summed E-state index contributed by atoms with van der Waals surface area (Å²) in [6.07, 6.45) is 4.19. The van der Waals surface area contributed by atoms with Gasteiger partial charge in [-0.3, -0.25) is 0 Å². The first-order chi connectivity index (χ1) is 6.59. The van der Waals surface area contributed by atoms with Crippen LogP contribution in [0.3, 0.4) is 0 Å². The second-order valence-electron chi connectivity index (χ2n) is 4.10. The standard InChI is InChI=1S/C11H13BrFN/c12-10-7-9(13)2-1-8(10)3-4-11(14)5-6-11/h1-2,7H,3-6,14H2. The third-order valence-electron chi connectivity index (χ3n) is 2.80. The van der Waals surface area contributed by atoms with Gasteiger partial charge in [0.25, 0.3) is 0 Å². The molecule has 1 aromatic carbocycles. The fraction of sp³-hybridized carbons (Fsp3) is 0.455. The van der Waals surface area contributed by atoms with Crippen molar-refractivity contribution in [1.82, 2.24) is 0 Å². The summed E-state index contributed by atoms with van der Waals surface area (Å²) in [5, 5.41) is 0. The summed E-state index contributed by atoms with van der Waals surface area (Å²) >= 11 is 3.35. The van der Waals surface area contributed by atoms with Crippen LogP contribution in [0, 0.1) is 5.82 Å². The average molecular weight is 258 g/mol. The van der Waals surface area contributed by atoms with Gasteiger partial charge in [0, 0.05) is 10.0 Å². The number of benzene rings is 1. The highest BCUT2D eigenvalue weighted by Gasteiger charge is 2.37. The van der Waals surface area contributed by atoms with E-state index in [4.69, 9.17) is 5.73 Å². The number of hydrogen-bond acceptors (Lipinski definition) is 1. The number of rotatable bonds is 3. The van der Waals surface area contributed by atoms with Crippen molar-refractivity contribution in [2.45, 2.75) is 31.2 Å². The Morgan fingerprint density at radius 3 is 2.71 bits per heavy atom. The Morgan fingerprint density at radius 1 is 1.43 bits per heavy atom. The van der Waals surface area contributed by atoms with Gasteiger partial charge in [-0.05, 0) is 43.4 Å². The van der Waals surface area contributed by atoms with Crippen LogP contribution in [0.2, 0.25) is 0 Å². The number of halogens is 2. The summed E-state index contributed by atoms with van der Waals surface area (Å²) in [5.41, 5.74) is 7.20. The van der Waals surface area contributed by atoms with Gasteiger partial charge in [-0.1, -0.05) is 22.0 Å². The van der Waals surface area contributed by atoms with E-state index in [-0.39, 0.29) is 11.4 Å². The van der Waals surface area contributed by atoms with Gasteiger partial charge in [0.05, 0.1) is 0 Å². The average Bonchev–Trinajstić information content (AvgIpc) is 2.83. The first kappa shape index (κ1) is 10.1. The molecule has 0 atom stereocenters. The van der Waals surface area contributed by atoms with Crippen LogP contribution in [-0.4, -0.2) is 5.54 Å². The van der Waals surface area contributed by atoms with Gasteiger partial charge in [0.2, 0.25) is 0 Å². The number of aryl methyl sites for hydroxylation is 1. The monoisotopic (exact) mass is 257 g/mol. The molecule has 0 unspecified atom stereocenters. The normalized spacial score (nSPS) is 18.2.